The van der Waals surface area contributed by atoms with Gasteiger partial charge >= 0.3 is 0 Å². The summed E-state index contributed by atoms with van der Waals surface area (Å²) in [5.74, 6) is -0.0261. The number of hydrogen-bond donors (Lipinski definition) is 1. The second kappa shape index (κ2) is 7.17. The van der Waals surface area contributed by atoms with Crippen LogP contribution in [0.4, 0.5) is 0 Å². The molecule has 1 atom stereocenters. The Morgan fingerprint density at radius 2 is 2.08 bits per heavy atom. The van der Waals surface area contributed by atoms with Crippen LogP contribution in [0.15, 0.2) is 42.5 Å². The van der Waals surface area contributed by atoms with Crippen LogP contribution in [0.3, 0.4) is 0 Å². The molecule has 4 rings (SSSR count). The van der Waals surface area contributed by atoms with Crippen molar-refractivity contribution in [3.8, 4) is 0 Å². The number of amides is 1. The van der Waals surface area contributed by atoms with Crippen molar-refractivity contribution in [3.05, 3.63) is 64.2 Å². The number of rotatable bonds is 4. The van der Waals surface area contributed by atoms with Crippen molar-refractivity contribution in [1.29, 1.82) is 0 Å². The summed E-state index contributed by atoms with van der Waals surface area (Å²) in [4.78, 5) is 19.4. The molecule has 0 spiro atoms. The SMILES string of the molecule is Cc1nc2cc(C(=O)NCC(C)N3CCc4ccccc4C3)ccc2s1. The molecular formula is C21H23N3OS. The molecule has 0 bridgehead atoms. The summed E-state index contributed by atoms with van der Waals surface area (Å²) in [5, 5.41) is 4.11. The first-order valence-corrected chi connectivity index (χ1v) is 9.88. The highest BCUT2D eigenvalue weighted by Crippen LogP contribution is 2.23. The minimum absolute atomic E-state index is 0.0261. The van der Waals surface area contributed by atoms with Crippen LogP contribution >= 0.6 is 11.3 Å². The summed E-state index contributed by atoms with van der Waals surface area (Å²) < 4.78 is 1.12. The van der Waals surface area contributed by atoms with E-state index in [9.17, 15) is 4.79 Å². The van der Waals surface area contributed by atoms with E-state index in [1.165, 1.54) is 11.1 Å². The Balaban J connectivity index is 1.37. The zero-order valence-corrected chi connectivity index (χ0v) is 16.0. The van der Waals surface area contributed by atoms with Gasteiger partial charge in [-0.1, -0.05) is 24.3 Å². The summed E-state index contributed by atoms with van der Waals surface area (Å²) in [6.07, 6.45) is 1.08. The fourth-order valence-corrected chi connectivity index (χ4v) is 4.36. The van der Waals surface area contributed by atoms with Crippen molar-refractivity contribution >= 4 is 27.5 Å². The molecule has 1 aliphatic heterocycles. The lowest BCUT2D eigenvalue weighted by Crippen LogP contribution is -2.44. The number of aromatic nitrogens is 1. The Labute approximate surface area is 157 Å². The van der Waals surface area contributed by atoms with Gasteiger partial charge in [0.25, 0.3) is 5.91 Å². The lowest BCUT2D eigenvalue weighted by atomic mass is 9.99. The predicted molar refractivity (Wildman–Crippen MR) is 107 cm³/mol. The van der Waals surface area contributed by atoms with Crippen molar-refractivity contribution in [2.45, 2.75) is 32.9 Å². The van der Waals surface area contributed by atoms with Gasteiger partial charge in [-0.15, -0.1) is 11.3 Å². The molecule has 0 saturated carbocycles. The van der Waals surface area contributed by atoms with Crippen LogP contribution in [0.25, 0.3) is 10.2 Å². The van der Waals surface area contributed by atoms with Gasteiger partial charge in [0.1, 0.15) is 0 Å². The van der Waals surface area contributed by atoms with Crippen molar-refractivity contribution in [1.82, 2.24) is 15.2 Å². The summed E-state index contributed by atoms with van der Waals surface area (Å²) in [7, 11) is 0. The highest BCUT2D eigenvalue weighted by molar-refractivity contribution is 7.18. The van der Waals surface area contributed by atoms with Gasteiger partial charge in [-0.25, -0.2) is 4.98 Å². The van der Waals surface area contributed by atoms with Crippen LogP contribution in [0, 0.1) is 6.92 Å². The van der Waals surface area contributed by atoms with Crippen LogP contribution in [-0.4, -0.2) is 34.9 Å². The van der Waals surface area contributed by atoms with Crippen LogP contribution < -0.4 is 5.32 Å². The largest absolute Gasteiger partial charge is 0.350 e. The average Bonchev–Trinajstić information content (AvgIpc) is 3.04. The highest BCUT2D eigenvalue weighted by Gasteiger charge is 2.21. The Kier molecular flexibility index (Phi) is 4.74. The molecule has 3 aromatic rings. The number of carbonyl (C=O) groups excluding carboxylic acids is 1. The Morgan fingerprint density at radius 1 is 1.27 bits per heavy atom. The standard InChI is InChI=1S/C21H23N3OS/c1-14(24-10-9-16-5-3-4-6-18(16)13-24)12-22-21(25)17-7-8-20-19(11-17)23-15(2)26-20/h3-8,11,14H,9-10,12-13H2,1-2H3,(H,22,25). The number of benzene rings is 2. The number of nitrogens with zero attached hydrogens (tertiary/aromatic N) is 2. The van der Waals surface area contributed by atoms with E-state index in [0.29, 0.717) is 18.2 Å². The highest BCUT2D eigenvalue weighted by atomic mass is 32.1. The molecule has 1 amide bonds. The fraction of sp³-hybridized carbons (Fsp3) is 0.333. The average molecular weight is 366 g/mol. The molecule has 1 N–H and O–H groups in total. The normalized spacial score (nSPS) is 15.6. The van der Waals surface area contributed by atoms with Crippen LogP contribution in [-0.2, 0) is 13.0 Å². The number of fused-ring (bicyclic) bond motifs is 2. The molecule has 0 fully saturated rings. The van der Waals surface area contributed by atoms with Gasteiger partial charge < -0.3 is 5.32 Å². The molecule has 1 aliphatic rings. The van der Waals surface area contributed by atoms with Gasteiger partial charge in [0, 0.05) is 31.2 Å². The number of thiazole rings is 1. The third-order valence-electron chi connectivity index (χ3n) is 5.10. The molecule has 26 heavy (non-hydrogen) atoms. The Hall–Kier alpha value is -2.24. The first-order chi connectivity index (χ1) is 12.6. The van der Waals surface area contributed by atoms with Crippen molar-refractivity contribution < 1.29 is 4.79 Å². The summed E-state index contributed by atoms with van der Waals surface area (Å²) >= 11 is 1.65. The molecular weight excluding hydrogens is 342 g/mol. The number of carbonyl (C=O) groups is 1. The quantitative estimate of drug-likeness (QED) is 0.765. The first-order valence-electron chi connectivity index (χ1n) is 9.06. The van der Waals surface area contributed by atoms with E-state index >= 15 is 0 Å². The van der Waals surface area contributed by atoms with Crippen molar-refractivity contribution in [2.24, 2.45) is 0 Å². The number of hydrogen-bond acceptors (Lipinski definition) is 4. The topological polar surface area (TPSA) is 45.2 Å². The minimum atomic E-state index is -0.0261. The maximum absolute atomic E-state index is 12.5. The molecule has 1 unspecified atom stereocenters. The molecule has 1 aromatic heterocycles. The number of aryl methyl sites for hydroxylation is 1. The smallest absolute Gasteiger partial charge is 0.251 e. The lowest BCUT2D eigenvalue weighted by Gasteiger charge is -2.33. The zero-order chi connectivity index (χ0) is 18.1. The van der Waals surface area contributed by atoms with Crippen LogP contribution in [0.2, 0.25) is 0 Å². The third kappa shape index (κ3) is 3.50. The molecule has 2 heterocycles. The zero-order valence-electron chi connectivity index (χ0n) is 15.2. The van der Waals surface area contributed by atoms with Gasteiger partial charge in [-0.05, 0) is 49.6 Å². The van der Waals surface area contributed by atoms with Crippen LogP contribution in [0.5, 0.6) is 0 Å². The monoisotopic (exact) mass is 365 g/mol. The minimum Gasteiger partial charge on any atom is -0.350 e. The van der Waals surface area contributed by atoms with Gasteiger partial charge in [-0.3, -0.25) is 9.69 Å². The Morgan fingerprint density at radius 3 is 2.92 bits per heavy atom. The summed E-state index contributed by atoms with van der Waals surface area (Å²) in [6, 6.07) is 14.7. The fourth-order valence-electron chi connectivity index (χ4n) is 3.55. The number of nitrogens with one attached hydrogen (secondary N) is 1. The lowest BCUT2D eigenvalue weighted by molar-refractivity contribution is 0.0932. The van der Waals surface area contributed by atoms with E-state index in [-0.39, 0.29) is 5.91 Å². The van der Waals surface area contributed by atoms with E-state index in [1.54, 1.807) is 11.3 Å². The molecule has 0 saturated heterocycles. The first kappa shape index (κ1) is 17.2. The van der Waals surface area contributed by atoms with Gasteiger partial charge in [0.15, 0.2) is 0 Å². The predicted octanol–water partition coefficient (Wildman–Crippen LogP) is 3.78. The molecule has 0 aliphatic carbocycles. The van der Waals surface area contributed by atoms with E-state index in [0.717, 1.165) is 34.7 Å². The molecule has 4 nitrogen and oxygen atoms in total. The second-order valence-corrected chi connectivity index (χ2v) is 8.20. The summed E-state index contributed by atoms with van der Waals surface area (Å²) in [6.45, 7) is 6.81. The summed E-state index contributed by atoms with van der Waals surface area (Å²) in [5.41, 5.74) is 4.44. The second-order valence-electron chi connectivity index (χ2n) is 6.96. The maximum Gasteiger partial charge on any atom is 0.251 e. The molecule has 5 heteroatoms. The maximum atomic E-state index is 12.5. The van der Waals surface area contributed by atoms with Gasteiger partial charge in [-0.2, -0.15) is 0 Å². The van der Waals surface area contributed by atoms with Gasteiger partial charge in [0.2, 0.25) is 0 Å². The van der Waals surface area contributed by atoms with Crippen molar-refractivity contribution in [3.63, 3.8) is 0 Å². The van der Waals surface area contributed by atoms with E-state index in [2.05, 4.69) is 46.4 Å². The van der Waals surface area contributed by atoms with Gasteiger partial charge in [0.05, 0.1) is 15.2 Å². The van der Waals surface area contributed by atoms with E-state index in [1.807, 2.05) is 25.1 Å². The van der Waals surface area contributed by atoms with Crippen LogP contribution in [0.1, 0.15) is 33.4 Å². The van der Waals surface area contributed by atoms with Crippen molar-refractivity contribution in [2.75, 3.05) is 13.1 Å². The Bertz CT molecular complexity index is 949. The van der Waals surface area contributed by atoms with E-state index in [4.69, 9.17) is 0 Å². The molecule has 0 radical (unpaired) electrons. The molecule has 2 aromatic carbocycles. The third-order valence-corrected chi connectivity index (χ3v) is 6.05. The van der Waals surface area contributed by atoms with E-state index < -0.39 is 0 Å². The molecule has 134 valence electrons.